The highest BCUT2D eigenvalue weighted by Gasteiger charge is 2.20. The Morgan fingerprint density at radius 2 is 0.867 bits per heavy atom. The Kier molecular flexibility index (Phi) is 25.5. The number of aryl methyl sites for hydroxylation is 2. The maximum atomic E-state index is 10.5. The van der Waals surface area contributed by atoms with Crippen LogP contribution in [0.15, 0.2) is 48.5 Å². The van der Waals surface area contributed by atoms with Gasteiger partial charge < -0.3 is 4.52 Å². The molecule has 0 saturated carbocycles. The molecular formula is C42H71O2P. The second kappa shape index (κ2) is 28.8. The third kappa shape index (κ3) is 19.1. The molecule has 0 amide bonds. The molecule has 0 heterocycles. The lowest BCUT2D eigenvalue weighted by Gasteiger charge is -2.24. The fraction of sp³-hybridized carbons (Fsp3) is 0.714. The first-order valence-corrected chi connectivity index (χ1v) is 20.5. The van der Waals surface area contributed by atoms with Crippen LogP contribution >= 0.6 is 8.69 Å². The summed E-state index contributed by atoms with van der Waals surface area (Å²) in [4.78, 5) is 0. The molecule has 2 nitrogen and oxygen atoms in total. The molecule has 0 spiro atoms. The summed E-state index contributed by atoms with van der Waals surface area (Å²) in [6.07, 6.45) is 34.5. The van der Waals surface area contributed by atoms with E-state index in [-0.39, 0.29) is 0 Å². The molecule has 3 heteroatoms. The van der Waals surface area contributed by atoms with Crippen molar-refractivity contribution in [3.05, 3.63) is 70.8 Å². The predicted octanol–water partition coefficient (Wildman–Crippen LogP) is 14.0. The lowest BCUT2D eigenvalue weighted by molar-refractivity contribution is 0.328. The van der Waals surface area contributed by atoms with E-state index in [1.54, 1.807) is 22.3 Å². The molecule has 45 heavy (non-hydrogen) atoms. The third-order valence-corrected chi connectivity index (χ3v) is 10.2. The summed E-state index contributed by atoms with van der Waals surface area (Å²) in [5.41, 5.74) is 6.42. The molecule has 2 aromatic carbocycles. The largest absolute Gasteiger partial charge is 0.332 e. The van der Waals surface area contributed by atoms with Crippen LogP contribution in [0.5, 0.6) is 0 Å². The number of hydrogen-bond donors (Lipinski definition) is 0. The molecule has 0 bridgehead atoms. The van der Waals surface area contributed by atoms with Gasteiger partial charge in [-0.25, -0.2) is 0 Å². The third-order valence-electron chi connectivity index (χ3n) is 9.78. The summed E-state index contributed by atoms with van der Waals surface area (Å²) >= 11 is 0. The van der Waals surface area contributed by atoms with Crippen LogP contribution in [0.4, 0.5) is 0 Å². The van der Waals surface area contributed by atoms with Gasteiger partial charge in [0.25, 0.3) is 0 Å². The molecule has 0 radical (unpaired) electrons. The highest BCUT2D eigenvalue weighted by atomic mass is 31.1. The molecule has 0 saturated heterocycles. The van der Waals surface area contributed by atoms with E-state index in [0.29, 0.717) is 12.5 Å². The quantitative estimate of drug-likeness (QED) is 0.0607. The summed E-state index contributed by atoms with van der Waals surface area (Å²) < 4.78 is 15.5. The smallest absolute Gasteiger partial charge is 0.179 e. The van der Waals surface area contributed by atoms with Crippen LogP contribution in [0.2, 0.25) is 0 Å². The van der Waals surface area contributed by atoms with Crippen LogP contribution in [0.1, 0.15) is 196 Å². The van der Waals surface area contributed by atoms with Gasteiger partial charge >= 0.3 is 0 Å². The van der Waals surface area contributed by atoms with Gasteiger partial charge in [-0.2, -0.15) is 0 Å². The molecule has 0 aliphatic rings. The van der Waals surface area contributed by atoms with Crippen molar-refractivity contribution in [2.45, 2.75) is 187 Å². The molecule has 256 valence electrons. The standard InChI is InChI=1S/C42H71O2P/c1-3-5-7-9-14-18-22-30-38-32-25-27-34-40(38)42(36-24-20-16-12-11-13-17-21-29-37-44-45-43)41-35-28-26-33-39(41)31-23-19-15-10-8-6-4-2/h25-28,32-35,42H,3-24,29-31,36-37,45H2,1-2H3. The van der Waals surface area contributed by atoms with Crippen molar-refractivity contribution in [1.29, 1.82) is 0 Å². The molecule has 2 rings (SSSR count). The van der Waals surface area contributed by atoms with Gasteiger partial charge in [0, 0.05) is 5.92 Å². The van der Waals surface area contributed by atoms with Crippen molar-refractivity contribution in [1.82, 2.24) is 0 Å². The second-order valence-electron chi connectivity index (χ2n) is 13.6. The average molecular weight is 639 g/mol. The highest BCUT2D eigenvalue weighted by Crippen LogP contribution is 2.36. The minimum Gasteiger partial charge on any atom is -0.332 e. The van der Waals surface area contributed by atoms with Crippen molar-refractivity contribution < 1.29 is 9.09 Å². The van der Waals surface area contributed by atoms with Crippen molar-refractivity contribution in [2.24, 2.45) is 0 Å². The number of rotatable bonds is 31. The molecule has 0 fully saturated rings. The van der Waals surface area contributed by atoms with E-state index >= 15 is 0 Å². The average Bonchev–Trinajstić information content (AvgIpc) is 3.07. The Labute approximate surface area is 281 Å². The molecule has 0 aliphatic carbocycles. The lowest BCUT2D eigenvalue weighted by Crippen LogP contribution is -2.08. The van der Waals surface area contributed by atoms with Crippen LogP contribution in [0.3, 0.4) is 0 Å². The maximum absolute atomic E-state index is 10.5. The normalized spacial score (nSPS) is 11.8. The molecule has 0 aromatic heterocycles. The SMILES string of the molecule is CCCCCCCCCc1ccccc1C(CCCCCCCCCCCO[PH2]=O)c1ccccc1CCCCCCCCC. The summed E-state index contributed by atoms with van der Waals surface area (Å²) in [6.45, 7) is 5.28. The van der Waals surface area contributed by atoms with Gasteiger partial charge in [-0.3, -0.25) is 4.57 Å². The van der Waals surface area contributed by atoms with Crippen LogP contribution in [0, 0.1) is 0 Å². The Hall–Kier alpha value is -1.37. The zero-order valence-corrected chi connectivity index (χ0v) is 30.8. The van der Waals surface area contributed by atoms with Gasteiger partial charge in [0.05, 0.1) is 6.61 Å². The summed E-state index contributed by atoms with van der Waals surface area (Å²) in [5, 5.41) is 0. The Morgan fingerprint density at radius 3 is 1.31 bits per heavy atom. The Balaban J connectivity index is 1.98. The van der Waals surface area contributed by atoms with Crippen LogP contribution in [0.25, 0.3) is 0 Å². The van der Waals surface area contributed by atoms with Crippen LogP contribution < -0.4 is 0 Å². The minimum absolute atomic E-state index is 0.518. The first-order chi connectivity index (χ1) is 22.3. The molecule has 0 aliphatic heterocycles. The van der Waals surface area contributed by atoms with Gasteiger partial charge in [0.1, 0.15) is 0 Å². The van der Waals surface area contributed by atoms with E-state index in [4.69, 9.17) is 4.52 Å². The fourth-order valence-electron chi connectivity index (χ4n) is 7.05. The minimum atomic E-state index is -1.03. The van der Waals surface area contributed by atoms with E-state index < -0.39 is 8.69 Å². The summed E-state index contributed by atoms with van der Waals surface area (Å²) in [7, 11) is -1.03. The van der Waals surface area contributed by atoms with Crippen LogP contribution in [-0.4, -0.2) is 6.61 Å². The maximum Gasteiger partial charge on any atom is 0.179 e. The molecule has 1 atom stereocenters. The monoisotopic (exact) mass is 639 g/mol. The Morgan fingerprint density at radius 1 is 0.489 bits per heavy atom. The fourth-order valence-corrected chi connectivity index (χ4v) is 7.31. The van der Waals surface area contributed by atoms with Crippen LogP contribution in [-0.2, 0) is 21.9 Å². The lowest BCUT2D eigenvalue weighted by atomic mass is 9.80. The van der Waals surface area contributed by atoms with Gasteiger partial charge in [0.2, 0.25) is 0 Å². The topological polar surface area (TPSA) is 26.3 Å². The van der Waals surface area contributed by atoms with Gasteiger partial charge in [-0.1, -0.05) is 191 Å². The van der Waals surface area contributed by atoms with E-state index in [1.165, 1.54) is 161 Å². The number of hydrogen-bond acceptors (Lipinski definition) is 2. The van der Waals surface area contributed by atoms with E-state index in [1.807, 2.05) is 0 Å². The first-order valence-electron chi connectivity index (χ1n) is 19.5. The zero-order chi connectivity index (χ0) is 32.0. The van der Waals surface area contributed by atoms with Crippen molar-refractivity contribution in [2.75, 3.05) is 6.61 Å². The zero-order valence-electron chi connectivity index (χ0n) is 29.7. The van der Waals surface area contributed by atoms with Crippen molar-refractivity contribution in [3.8, 4) is 0 Å². The highest BCUT2D eigenvalue weighted by molar-refractivity contribution is 7.17. The van der Waals surface area contributed by atoms with E-state index in [9.17, 15) is 4.57 Å². The van der Waals surface area contributed by atoms with Gasteiger partial charge in [-0.05, 0) is 60.8 Å². The molecule has 0 N–H and O–H groups in total. The Bertz CT molecular complexity index is 896. The van der Waals surface area contributed by atoms with Crippen molar-refractivity contribution in [3.63, 3.8) is 0 Å². The summed E-state index contributed by atoms with van der Waals surface area (Å²) in [6, 6.07) is 19.0. The molecular weight excluding hydrogens is 567 g/mol. The predicted molar refractivity (Wildman–Crippen MR) is 201 cm³/mol. The van der Waals surface area contributed by atoms with E-state index in [0.717, 1.165) is 6.42 Å². The molecule has 1 unspecified atom stereocenters. The number of unbranched alkanes of at least 4 members (excludes halogenated alkanes) is 20. The second-order valence-corrected chi connectivity index (χ2v) is 14.2. The van der Waals surface area contributed by atoms with Crippen molar-refractivity contribution >= 4 is 8.69 Å². The molecule has 2 aromatic rings. The van der Waals surface area contributed by atoms with Gasteiger partial charge in [0.15, 0.2) is 8.69 Å². The summed E-state index contributed by atoms with van der Waals surface area (Å²) in [5.74, 6) is 0.518. The first kappa shape index (κ1) is 39.8. The number of benzene rings is 2. The van der Waals surface area contributed by atoms with E-state index in [2.05, 4.69) is 62.4 Å². The van der Waals surface area contributed by atoms with Gasteiger partial charge in [-0.15, -0.1) is 0 Å².